The molecule has 0 radical (unpaired) electrons. The van der Waals surface area contributed by atoms with Gasteiger partial charge < -0.3 is 4.74 Å². The summed E-state index contributed by atoms with van der Waals surface area (Å²) in [5, 5.41) is 0. The van der Waals surface area contributed by atoms with Crippen molar-refractivity contribution in [3.63, 3.8) is 0 Å². The second-order valence-electron chi connectivity index (χ2n) is 2.42. The zero-order valence-corrected chi connectivity index (χ0v) is 8.51. The van der Waals surface area contributed by atoms with E-state index < -0.39 is 5.97 Å². The number of hydrogen-bond acceptors (Lipinski definition) is 4. The number of esters is 1. The highest BCUT2D eigenvalue weighted by molar-refractivity contribution is 5.86. The number of aryl methyl sites for hydroxylation is 2. The largest absolute Gasteiger partial charge is 0.464 e. The third-order valence-corrected chi connectivity index (χ3v) is 1.59. The summed E-state index contributed by atoms with van der Waals surface area (Å²) in [6.07, 6.45) is 1.41. The maximum absolute atomic E-state index is 11.0. The second-order valence-corrected chi connectivity index (χ2v) is 2.42. The molecule has 4 nitrogen and oxygen atoms in total. The van der Waals surface area contributed by atoms with Crippen molar-refractivity contribution >= 4 is 18.4 Å². The summed E-state index contributed by atoms with van der Waals surface area (Å²) in [7, 11) is 1.32. The molecule has 1 rings (SSSR count). The first kappa shape index (κ1) is 11.8. The van der Waals surface area contributed by atoms with Crippen LogP contribution in [0.15, 0.2) is 6.20 Å². The molecule has 0 fully saturated rings. The van der Waals surface area contributed by atoms with Crippen molar-refractivity contribution in [3.05, 3.63) is 23.3 Å². The Morgan fingerprint density at radius 3 is 2.46 bits per heavy atom. The number of halogens is 1. The van der Waals surface area contributed by atoms with E-state index in [4.69, 9.17) is 0 Å². The van der Waals surface area contributed by atoms with Gasteiger partial charge in [-0.1, -0.05) is 0 Å². The molecule has 0 N–H and O–H groups in total. The number of nitrogens with zero attached hydrogens (tertiary/aromatic N) is 2. The number of carbonyl (C=O) groups excluding carboxylic acids is 1. The van der Waals surface area contributed by atoms with Gasteiger partial charge >= 0.3 is 5.97 Å². The first-order chi connectivity index (χ1) is 5.65. The lowest BCUT2D eigenvalue weighted by molar-refractivity contribution is 0.0593. The molecule has 0 aliphatic heterocycles. The number of rotatable bonds is 1. The summed E-state index contributed by atoms with van der Waals surface area (Å²) < 4.78 is 4.49. The lowest BCUT2D eigenvalue weighted by atomic mass is 10.3. The van der Waals surface area contributed by atoms with Gasteiger partial charge in [-0.05, 0) is 13.8 Å². The maximum atomic E-state index is 11.0. The minimum Gasteiger partial charge on any atom is -0.464 e. The molecule has 0 unspecified atom stereocenters. The van der Waals surface area contributed by atoms with Gasteiger partial charge in [-0.3, -0.25) is 4.98 Å². The van der Waals surface area contributed by atoms with Crippen molar-refractivity contribution in [2.75, 3.05) is 7.11 Å². The normalized spacial score (nSPS) is 8.85. The summed E-state index contributed by atoms with van der Waals surface area (Å²) in [5.74, 6) is -0.453. The van der Waals surface area contributed by atoms with E-state index in [2.05, 4.69) is 14.7 Å². The fourth-order valence-corrected chi connectivity index (χ4v) is 0.745. The van der Waals surface area contributed by atoms with Gasteiger partial charge in [0, 0.05) is 0 Å². The SMILES string of the molecule is COC(=O)c1cnc(C)c(C)n1.Cl. The fourth-order valence-electron chi connectivity index (χ4n) is 0.745. The van der Waals surface area contributed by atoms with Crippen molar-refractivity contribution in [1.82, 2.24) is 9.97 Å². The average molecular weight is 203 g/mol. The van der Waals surface area contributed by atoms with E-state index >= 15 is 0 Å². The molecule has 5 heteroatoms. The van der Waals surface area contributed by atoms with Crippen molar-refractivity contribution in [2.24, 2.45) is 0 Å². The molecule has 0 aliphatic carbocycles. The predicted octanol–water partition coefficient (Wildman–Crippen LogP) is 1.30. The summed E-state index contributed by atoms with van der Waals surface area (Å²) >= 11 is 0. The molecule has 0 amide bonds. The van der Waals surface area contributed by atoms with E-state index in [1.54, 1.807) is 6.92 Å². The summed E-state index contributed by atoms with van der Waals surface area (Å²) in [4.78, 5) is 18.9. The van der Waals surface area contributed by atoms with E-state index in [9.17, 15) is 4.79 Å². The topological polar surface area (TPSA) is 52.1 Å². The Balaban J connectivity index is 0.00000144. The standard InChI is InChI=1S/C8H10N2O2.ClH/c1-5-6(2)10-7(4-9-5)8(11)12-3;/h4H,1-3H3;1H. The van der Waals surface area contributed by atoms with Gasteiger partial charge in [0.25, 0.3) is 0 Å². The van der Waals surface area contributed by atoms with E-state index in [1.165, 1.54) is 13.3 Å². The van der Waals surface area contributed by atoms with Gasteiger partial charge in [0.2, 0.25) is 0 Å². The molecule has 0 saturated carbocycles. The average Bonchev–Trinajstić information content (AvgIpc) is 2.08. The van der Waals surface area contributed by atoms with E-state index in [0.29, 0.717) is 0 Å². The number of carbonyl (C=O) groups is 1. The maximum Gasteiger partial charge on any atom is 0.358 e. The van der Waals surface area contributed by atoms with Crippen LogP contribution in [0.1, 0.15) is 21.9 Å². The third kappa shape index (κ3) is 2.66. The van der Waals surface area contributed by atoms with Crippen molar-refractivity contribution in [3.8, 4) is 0 Å². The Kier molecular flexibility index (Phi) is 4.34. The van der Waals surface area contributed by atoms with Crippen LogP contribution in [0.3, 0.4) is 0 Å². The molecule has 13 heavy (non-hydrogen) atoms. The Hall–Kier alpha value is -1.16. The Morgan fingerprint density at radius 1 is 1.38 bits per heavy atom. The molecule has 0 atom stereocenters. The molecule has 0 aromatic carbocycles. The van der Waals surface area contributed by atoms with Crippen molar-refractivity contribution < 1.29 is 9.53 Å². The molecule has 0 bridgehead atoms. The van der Waals surface area contributed by atoms with Gasteiger partial charge in [-0.25, -0.2) is 9.78 Å². The zero-order chi connectivity index (χ0) is 9.14. The molecule has 72 valence electrons. The summed E-state index contributed by atoms with van der Waals surface area (Å²) in [6.45, 7) is 3.64. The molecular formula is C8H11ClN2O2. The quantitative estimate of drug-likeness (QED) is 0.645. The summed E-state index contributed by atoms with van der Waals surface area (Å²) in [6, 6.07) is 0. The van der Waals surface area contributed by atoms with Crippen molar-refractivity contribution in [2.45, 2.75) is 13.8 Å². The number of ether oxygens (including phenoxy) is 1. The zero-order valence-electron chi connectivity index (χ0n) is 7.70. The Labute approximate surface area is 82.8 Å². The van der Waals surface area contributed by atoms with Crippen LogP contribution in [0, 0.1) is 13.8 Å². The van der Waals surface area contributed by atoms with Crippen molar-refractivity contribution in [1.29, 1.82) is 0 Å². The molecule has 0 aliphatic rings. The number of aromatic nitrogens is 2. The lowest BCUT2D eigenvalue weighted by Gasteiger charge is -2.00. The Morgan fingerprint density at radius 2 is 2.00 bits per heavy atom. The van der Waals surface area contributed by atoms with Crippen LogP contribution in [0.25, 0.3) is 0 Å². The lowest BCUT2D eigenvalue weighted by Crippen LogP contribution is -2.06. The first-order valence-corrected chi connectivity index (χ1v) is 3.53. The minimum atomic E-state index is -0.453. The van der Waals surface area contributed by atoms with Gasteiger partial charge in [0.1, 0.15) is 0 Å². The van der Waals surface area contributed by atoms with Gasteiger partial charge in [0.15, 0.2) is 5.69 Å². The molecular weight excluding hydrogens is 192 g/mol. The summed E-state index contributed by atoms with van der Waals surface area (Å²) in [5.41, 5.74) is 1.82. The Bertz CT molecular complexity index is 315. The highest BCUT2D eigenvalue weighted by Crippen LogP contribution is 2.01. The third-order valence-electron chi connectivity index (χ3n) is 1.59. The second kappa shape index (κ2) is 4.77. The van der Waals surface area contributed by atoms with Crippen LogP contribution in [-0.4, -0.2) is 23.0 Å². The van der Waals surface area contributed by atoms with Crippen LogP contribution in [0.5, 0.6) is 0 Å². The van der Waals surface area contributed by atoms with Gasteiger partial charge in [0.05, 0.1) is 24.7 Å². The van der Waals surface area contributed by atoms with E-state index in [1.807, 2.05) is 6.92 Å². The van der Waals surface area contributed by atoms with E-state index in [-0.39, 0.29) is 18.1 Å². The van der Waals surface area contributed by atoms with Crippen LogP contribution < -0.4 is 0 Å². The molecule has 1 aromatic heterocycles. The van der Waals surface area contributed by atoms with Crippen LogP contribution in [0.4, 0.5) is 0 Å². The predicted molar refractivity (Wildman–Crippen MR) is 50.1 cm³/mol. The van der Waals surface area contributed by atoms with Crippen LogP contribution in [-0.2, 0) is 4.74 Å². The molecule has 0 spiro atoms. The highest BCUT2D eigenvalue weighted by Gasteiger charge is 2.07. The minimum absolute atomic E-state index is 0. The smallest absolute Gasteiger partial charge is 0.358 e. The molecule has 1 aromatic rings. The fraction of sp³-hybridized carbons (Fsp3) is 0.375. The number of hydrogen-bond donors (Lipinski definition) is 0. The van der Waals surface area contributed by atoms with Crippen LogP contribution >= 0.6 is 12.4 Å². The van der Waals surface area contributed by atoms with Gasteiger partial charge in [-0.2, -0.15) is 0 Å². The highest BCUT2D eigenvalue weighted by atomic mass is 35.5. The molecule has 0 saturated heterocycles. The van der Waals surface area contributed by atoms with Crippen LogP contribution in [0.2, 0.25) is 0 Å². The molecule has 1 heterocycles. The monoisotopic (exact) mass is 202 g/mol. The van der Waals surface area contributed by atoms with Gasteiger partial charge in [-0.15, -0.1) is 12.4 Å². The van der Waals surface area contributed by atoms with E-state index in [0.717, 1.165) is 11.4 Å². The first-order valence-electron chi connectivity index (χ1n) is 3.53. The number of methoxy groups -OCH3 is 1.